The second kappa shape index (κ2) is 8.29. The molecule has 6 nitrogen and oxygen atoms in total. The monoisotopic (exact) mass is 399 g/mol. The summed E-state index contributed by atoms with van der Waals surface area (Å²) in [5, 5.41) is 17.3. The maximum Gasteiger partial charge on any atom is 0.274 e. The van der Waals surface area contributed by atoms with E-state index < -0.39 is 4.92 Å². The molecule has 1 unspecified atom stereocenters. The number of hydrogen-bond donors (Lipinski definition) is 0. The topological polar surface area (TPSA) is 75.8 Å². The van der Waals surface area contributed by atoms with Gasteiger partial charge in [-0.2, -0.15) is 5.10 Å². The second-order valence-electron chi connectivity index (χ2n) is 7.33. The van der Waals surface area contributed by atoms with Gasteiger partial charge in [0.25, 0.3) is 11.6 Å². The summed E-state index contributed by atoms with van der Waals surface area (Å²) in [6.45, 7) is 1.97. The van der Waals surface area contributed by atoms with Crippen LogP contribution in [0.4, 0.5) is 5.69 Å². The molecule has 6 heteroatoms. The summed E-state index contributed by atoms with van der Waals surface area (Å²) in [5.74, 6) is -0.188. The lowest BCUT2D eigenvalue weighted by Crippen LogP contribution is -2.35. The molecule has 0 saturated carbocycles. The van der Waals surface area contributed by atoms with Gasteiger partial charge in [0.2, 0.25) is 0 Å². The molecule has 150 valence electrons. The fourth-order valence-electron chi connectivity index (χ4n) is 3.62. The van der Waals surface area contributed by atoms with E-state index >= 15 is 0 Å². The molecule has 0 fully saturated rings. The molecule has 0 aromatic heterocycles. The van der Waals surface area contributed by atoms with E-state index in [0.29, 0.717) is 18.4 Å². The van der Waals surface area contributed by atoms with Crippen LogP contribution in [0.25, 0.3) is 0 Å². The van der Waals surface area contributed by atoms with Gasteiger partial charge in [0.05, 0.1) is 16.7 Å². The number of rotatable bonds is 4. The van der Waals surface area contributed by atoms with E-state index in [1.54, 1.807) is 24.3 Å². The molecule has 1 aliphatic rings. The molecule has 1 heterocycles. The van der Waals surface area contributed by atoms with Crippen molar-refractivity contribution in [1.29, 1.82) is 0 Å². The predicted molar refractivity (Wildman–Crippen MR) is 115 cm³/mol. The number of hydrazone groups is 1. The highest BCUT2D eigenvalue weighted by Crippen LogP contribution is 2.33. The maximum atomic E-state index is 13.4. The first-order chi connectivity index (χ1) is 14.5. The van der Waals surface area contributed by atoms with Crippen LogP contribution in [0.15, 0.2) is 84.0 Å². The third-order valence-corrected chi connectivity index (χ3v) is 5.28. The van der Waals surface area contributed by atoms with Crippen molar-refractivity contribution >= 4 is 17.3 Å². The number of carbonyl (C=O) groups excluding carboxylic acids is 1. The maximum absolute atomic E-state index is 13.4. The largest absolute Gasteiger partial charge is 0.274 e. The molecular weight excluding hydrogens is 378 g/mol. The third-order valence-electron chi connectivity index (χ3n) is 5.28. The van der Waals surface area contributed by atoms with Crippen molar-refractivity contribution in [3.8, 4) is 0 Å². The highest BCUT2D eigenvalue weighted by atomic mass is 16.6. The van der Waals surface area contributed by atoms with Crippen LogP contribution in [0.5, 0.6) is 0 Å². The Kier molecular flexibility index (Phi) is 5.39. The Balaban J connectivity index is 1.73. The number of carbonyl (C=O) groups is 1. The molecule has 0 aliphatic carbocycles. The van der Waals surface area contributed by atoms with Crippen LogP contribution >= 0.6 is 0 Å². The van der Waals surface area contributed by atoms with Crippen molar-refractivity contribution < 1.29 is 9.72 Å². The molecule has 3 aromatic rings. The Morgan fingerprint density at radius 2 is 1.67 bits per heavy atom. The van der Waals surface area contributed by atoms with Crippen LogP contribution < -0.4 is 0 Å². The highest BCUT2D eigenvalue weighted by molar-refractivity contribution is 6.03. The summed E-state index contributed by atoms with van der Waals surface area (Å²) in [4.78, 5) is 23.9. The number of amides is 1. The molecule has 1 amide bonds. The van der Waals surface area contributed by atoms with E-state index in [4.69, 9.17) is 5.10 Å². The quantitative estimate of drug-likeness (QED) is 0.442. The SMILES string of the molecule is Cc1ccc(C(=O)N2N=C(c3ccccc3)CCC2c2ccc([N+](=O)[O-])cc2)cc1. The van der Waals surface area contributed by atoms with Gasteiger partial charge in [-0.3, -0.25) is 14.9 Å². The fraction of sp³-hybridized carbons (Fsp3) is 0.167. The normalized spacial score (nSPS) is 16.1. The molecule has 0 spiro atoms. The van der Waals surface area contributed by atoms with Crippen LogP contribution in [-0.4, -0.2) is 21.6 Å². The van der Waals surface area contributed by atoms with Gasteiger partial charge in [0.1, 0.15) is 0 Å². The van der Waals surface area contributed by atoms with Crippen molar-refractivity contribution in [3.63, 3.8) is 0 Å². The molecule has 4 rings (SSSR count). The Morgan fingerprint density at radius 1 is 1.00 bits per heavy atom. The summed E-state index contributed by atoms with van der Waals surface area (Å²) in [7, 11) is 0. The van der Waals surface area contributed by atoms with Gasteiger partial charge in [-0.25, -0.2) is 5.01 Å². The Bertz CT molecular complexity index is 1090. The van der Waals surface area contributed by atoms with Gasteiger partial charge in [0.15, 0.2) is 0 Å². The number of hydrogen-bond acceptors (Lipinski definition) is 4. The van der Waals surface area contributed by atoms with Crippen LogP contribution in [-0.2, 0) is 0 Å². The number of aryl methyl sites for hydroxylation is 1. The van der Waals surface area contributed by atoms with Crippen LogP contribution in [0.1, 0.15) is 45.9 Å². The minimum absolute atomic E-state index is 0.0273. The van der Waals surface area contributed by atoms with E-state index in [1.807, 2.05) is 49.4 Å². The van der Waals surface area contributed by atoms with Gasteiger partial charge >= 0.3 is 0 Å². The third kappa shape index (κ3) is 3.98. The molecule has 3 aromatic carbocycles. The molecule has 1 aliphatic heterocycles. The first-order valence-electron chi connectivity index (χ1n) is 9.80. The molecule has 1 atom stereocenters. The Morgan fingerprint density at radius 3 is 2.30 bits per heavy atom. The number of non-ortho nitro benzene ring substituents is 1. The van der Waals surface area contributed by atoms with Crippen LogP contribution in [0.3, 0.4) is 0 Å². The smallest absolute Gasteiger partial charge is 0.267 e. The van der Waals surface area contributed by atoms with Crippen molar-refractivity contribution in [1.82, 2.24) is 5.01 Å². The van der Waals surface area contributed by atoms with Gasteiger partial charge in [0, 0.05) is 17.7 Å². The van der Waals surface area contributed by atoms with Gasteiger partial charge in [-0.05, 0) is 43.0 Å². The molecule has 30 heavy (non-hydrogen) atoms. The summed E-state index contributed by atoms with van der Waals surface area (Å²) >= 11 is 0. The van der Waals surface area contributed by atoms with E-state index in [-0.39, 0.29) is 17.6 Å². The van der Waals surface area contributed by atoms with Crippen molar-refractivity contribution in [3.05, 3.63) is 111 Å². The lowest BCUT2D eigenvalue weighted by molar-refractivity contribution is -0.384. The summed E-state index contributed by atoms with van der Waals surface area (Å²) in [6.07, 6.45) is 1.40. The summed E-state index contributed by atoms with van der Waals surface area (Å²) < 4.78 is 0. The first-order valence-corrected chi connectivity index (χ1v) is 9.80. The second-order valence-corrected chi connectivity index (χ2v) is 7.33. The van der Waals surface area contributed by atoms with Crippen molar-refractivity contribution in [2.45, 2.75) is 25.8 Å². The minimum Gasteiger partial charge on any atom is -0.267 e. The standard InChI is InChI=1S/C24H21N3O3/c1-17-7-9-20(10-8-17)24(28)26-23(19-11-13-21(14-12-19)27(29)30)16-15-22(25-26)18-5-3-2-4-6-18/h2-14,23H,15-16H2,1H3. The van der Waals surface area contributed by atoms with Crippen molar-refractivity contribution in [2.24, 2.45) is 5.10 Å². The van der Waals surface area contributed by atoms with Gasteiger partial charge in [-0.15, -0.1) is 0 Å². The van der Waals surface area contributed by atoms with Crippen LogP contribution in [0.2, 0.25) is 0 Å². The molecular formula is C24H21N3O3. The Hall–Kier alpha value is -3.80. The summed E-state index contributed by atoms with van der Waals surface area (Å²) in [6, 6.07) is 23.3. The predicted octanol–water partition coefficient (Wildman–Crippen LogP) is 5.28. The minimum atomic E-state index is -0.425. The number of nitro benzene ring substituents is 1. The Labute approximate surface area is 174 Å². The van der Waals surface area contributed by atoms with Crippen molar-refractivity contribution in [2.75, 3.05) is 0 Å². The zero-order chi connectivity index (χ0) is 21.1. The number of benzene rings is 3. The first kappa shape index (κ1) is 19.5. The van der Waals surface area contributed by atoms with E-state index in [9.17, 15) is 14.9 Å². The zero-order valence-electron chi connectivity index (χ0n) is 16.6. The van der Waals surface area contributed by atoms with E-state index in [2.05, 4.69) is 0 Å². The highest BCUT2D eigenvalue weighted by Gasteiger charge is 2.31. The zero-order valence-corrected chi connectivity index (χ0v) is 16.6. The van der Waals surface area contributed by atoms with Gasteiger partial charge in [-0.1, -0.05) is 60.2 Å². The molecule has 0 radical (unpaired) electrons. The summed E-state index contributed by atoms with van der Waals surface area (Å²) in [5.41, 5.74) is 4.34. The average molecular weight is 399 g/mol. The van der Waals surface area contributed by atoms with E-state index in [1.165, 1.54) is 17.1 Å². The van der Waals surface area contributed by atoms with Gasteiger partial charge < -0.3 is 0 Å². The lowest BCUT2D eigenvalue weighted by Gasteiger charge is -2.33. The lowest BCUT2D eigenvalue weighted by atomic mass is 9.95. The molecule has 0 bridgehead atoms. The molecule has 0 saturated heterocycles. The number of nitro groups is 1. The van der Waals surface area contributed by atoms with Crippen LogP contribution in [0, 0.1) is 17.0 Å². The fourth-order valence-corrected chi connectivity index (χ4v) is 3.62. The average Bonchev–Trinajstić information content (AvgIpc) is 2.79. The number of nitrogens with zero attached hydrogens (tertiary/aromatic N) is 3. The molecule has 0 N–H and O–H groups in total. The van der Waals surface area contributed by atoms with E-state index in [0.717, 1.165) is 22.4 Å².